The zero-order valence-electron chi connectivity index (χ0n) is 15.2. The van der Waals surface area contributed by atoms with Crippen molar-refractivity contribution in [2.45, 2.75) is 38.9 Å². The van der Waals surface area contributed by atoms with Crippen molar-refractivity contribution in [3.63, 3.8) is 0 Å². The first-order chi connectivity index (χ1) is 13.4. The van der Waals surface area contributed by atoms with E-state index in [2.05, 4.69) is 10.1 Å². The molecule has 0 spiro atoms. The molecule has 2 N–H and O–H groups in total. The van der Waals surface area contributed by atoms with Gasteiger partial charge in [0.05, 0.1) is 17.0 Å². The van der Waals surface area contributed by atoms with Gasteiger partial charge in [0, 0.05) is 28.0 Å². The summed E-state index contributed by atoms with van der Waals surface area (Å²) < 4.78 is 47.9. The van der Waals surface area contributed by atoms with Crippen LogP contribution in [0.15, 0.2) is 28.8 Å². The number of halogens is 3. The van der Waals surface area contributed by atoms with Crippen LogP contribution < -0.4 is 5.73 Å². The van der Waals surface area contributed by atoms with Crippen molar-refractivity contribution in [3.05, 3.63) is 47.2 Å². The summed E-state index contributed by atoms with van der Waals surface area (Å²) in [5.41, 5.74) is 5.84. The number of nitrogen functional groups attached to an aromatic ring is 1. The number of allylic oxidation sites excluding steroid dienone is 1. The summed E-state index contributed by atoms with van der Waals surface area (Å²) in [6.45, 7) is 2.22. The fourth-order valence-electron chi connectivity index (χ4n) is 3.50. The second kappa shape index (κ2) is 7.20. The minimum atomic E-state index is -4.52. The van der Waals surface area contributed by atoms with E-state index in [1.165, 1.54) is 6.07 Å². The van der Waals surface area contributed by atoms with Crippen LogP contribution in [0.2, 0.25) is 0 Å². The predicted molar refractivity (Wildman–Crippen MR) is 104 cm³/mol. The number of hydrogen-bond acceptors (Lipinski definition) is 5. The molecular formula is C19H19F3N4OS. The molecule has 0 saturated heterocycles. The molecule has 9 heteroatoms. The van der Waals surface area contributed by atoms with Gasteiger partial charge in [0.25, 0.3) is 5.89 Å². The largest absolute Gasteiger partial charge is 0.419 e. The van der Waals surface area contributed by atoms with E-state index in [1.807, 2.05) is 17.6 Å². The number of benzene rings is 1. The topological polar surface area (TPSA) is 69.9 Å². The first-order valence-electron chi connectivity index (χ1n) is 9.02. The molecule has 3 aromatic rings. The Balaban J connectivity index is 1.78. The molecule has 0 bridgehead atoms. The van der Waals surface area contributed by atoms with Crippen molar-refractivity contribution in [1.29, 1.82) is 0 Å². The maximum Gasteiger partial charge on any atom is 0.419 e. The number of thioether (sulfide) groups is 1. The van der Waals surface area contributed by atoms with Crippen LogP contribution in [0, 0.1) is 0 Å². The Labute approximate surface area is 163 Å². The molecule has 0 atom stereocenters. The lowest BCUT2D eigenvalue weighted by molar-refractivity contribution is -0.135. The molecule has 28 heavy (non-hydrogen) atoms. The number of aryl methyl sites for hydroxylation is 1. The molecule has 1 aliphatic heterocycles. The molecule has 0 unspecified atom stereocenters. The quantitative estimate of drug-likeness (QED) is 0.595. The van der Waals surface area contributed by atoms with Gasteiger partial charge in [-0.2, -0.15) is 18.2 Å². The lowest BCUT2D eigenvalue weighted by Gasteiger charge is -2.12. The highest BCUT2D eigenvalue weighted by Gasteiger charge is 2.36. The van der Waals surface area contributed by atoms with Crippen molar-refractivity contribution < 1.29 is 17.7 Å². The summed E-state index contributed by atoms with van der Waals surface area (Å²) >= 11 is 1.66. The zero-order chi connectivity index (χ0) is 19.9. The van der Waals surface area contributed by atoms with Gasteiger partial charge in [-0.1, -0.05) is 24.6 Å². The van der Waals surface area contributed by atoms with Gasteiger partial charge >= 0.3 is 6.18 Å². The normalized spacial score (nSPS) is 14.8. The van der Waals surface area contributed by atoms with Gasteiger partial charge < -0.3 is 14.8 Å². The van der Waals surface area contributed by atoms with Crippen LogP contribution in [0.3, 0.4) is 0 Å². The van der Waals surface area contributed by atoms with E-state index >= 15 is 0 Å². The minimum Gasteiger partial charge on any atom is -0.398 e. The average molecular weight is 408 g/mol. The third-order valence-electron chi connectivity index (χ3n) is 4.68. The SMILES string of the molecule is CCCc1cc2c(C(F)(F)F)c(N)ccc2n1Cc1noc(C2=CCCS2)n1. The number of nitrogens with two attached hydrogens (primary N) is 1. The molecule has 0 amide bonds. The van der Waals surface area contributed by atoms with Gasteiger partial charge in [-0.25, -0.2) is 0 Å². The van der Waals surface area contributed by atoms with Crippen LogP contribution in [0.5, 0.6) is 0 Å². The fraction of sp³-hybridized carbons (Fsp3) is 0.368. The van der Waals surface area contributed by atoms with Gasteiger partial charge in [-0.15, -0.1) is 11.8 Å². The van der Waals surface area contributed by atoms with E-state index in [-0.39, 0.29) is 17.6 Å². The molecule has 148 valence electrons. The van der Waals surface area contributed by atoms with Crippen LogP contribution in [0.25, 0.3) is 15.8 Å². The standard InChI is InChI=1S/C19H19F3N4OS/c1-2-4-11-9-12-14(7-6-13(23)17(12)19(20,21)22)26(11)10-16-24-18(27-25-16)15-5-3-8-28-15/h5-7,9H,2-4,8,10,23H2,1H3. The van der Waals surface area contributed by atoms with Crippen LogP contribution in [-0.2, 0) is 19.1 Å². The molecule has 5 nitrogen and oxygen atoms in total. The maximum absolute atomic E-state index is 13.6. The summed E-state index contributed by atoms with van der Waals surface area (Å²) in [5, 5.41) is 4.13. The first-order valence-corrected chi connectivity index (χ1v) is 10.0. The molecule has 2 aromatic heterocycles. The average Bonchev–Trinajstić information content (AvgIpc) is 3.35. The molecule has 1 aliphatic rings. The molecule has 0 saturated carbocycles. The highest BCUT2D eigenvalue weighted by Crippen LogP contribution is 2.40. The summed E-state index contributed by atoms with van der Waals surface area (Å²) in [4.78, 5) is 5.38. The van der Waals surface area contributed by atoms with Crippen LogP contribution in [0.1, 0.15) is 42.7 Å². The lowest BCUT2D eigenvalue weighted by atomic mass is 10.1. The van der Waals surface area contributed by atoms with Gasteiger partial charge in [-0.05, 0) is 31.0 Å². The number of nitrogens with zero attached hydrogens (tertiary/aromatic N) is 3. The minimum absolute atomic E-state index is 0.105. The smallest absolute Gasteiger partial charge is 0.398 e. The van der Waals surface area contributed by atoms with Gasteiger partial charge in [0.15, 0.2) is 5.82 Å². The Morgan fingerprint density at radius 1 is 1.32 bits per heavy atom. The van der Waals surface area contributed by atoms with E-state index in [0.29, 0.717) is 23.7 Å². The third-order valence-corrected chi connectivity index (χ3v) is 5.77. The highest BCUT2D eigenvalue weighted by molar-refractivity contribution is 8.08. The maximum atomic E-state index is 13.6. The highest BCUT2D eigenvalue weighted by atomic mass is 32.2. The van der Waals surface area contributed by atoms with Crippen LogP contribution >= 0.6 is 11.8 Å². The predicted octanol–water partition coefficient (Wildman–Crippen LogP) is 5.10. The summed E-state index contributed by atoms with van der Waals surface area (Å²) in [5.74, 6) is 1.88. The lowest BCUT2D eigenvalue weighted by Crippen LogP contribution is -2.10. The zero-order valence-corrected chi connectivity index (χ0v) is 16.0. The molecule has 0 radical (unpaired) electrons. The van der Waals surface area contributed by atoms with Gasteiger partial charge in [-0.3, -0.25) is 0 Å². The van der Waals surface area contributed by atoms with Gasteiger partial charge in [0.2, 0.25) is 0 Å². The summed E-state index contributed by atoms with van der Waals surface area (Å²) in [6.07, 6.45) is -0.0767. The number of fused-ring (bicyclic) bond motifs is 1. The van der Waals surface area contributed by atoms with E-state index in [9.17, 15) is 13.2 Å². The van der Waals surface area contributed by atoms with E-state index in [0.717, 1.165) is 29.2 Å². The van der Waals surface area contributed by atoms with E-state index in [1.54, 1.807) is 23.9 Å². The number of rotatable bonds is 5. The molecule has 4 rings (SSSR count). The summed E-state index contributed by atoms with van der Waals surface area (Å²) in [6, 6.07) is 4.50. The molecule has 1 aromatic carbocycles. The Morgan fingerprint density at radius 2 is 2.14 bits per heavy atom. The number of anilines is 1. The molecule has 3 heterocycles. The van der Waals surface area contributed by atoms with Crippen molar-refractivity contribution in [2.24, 2.45) is 0 Å². The van der Waals surface area contributed by atoms with Crippen LogP contribution in [-0.4, -0.2) is 20.5 Å². The van der Waals surface area contributed by atoms with Crippen LogP contribution in [0.4, 0.5) is 18.9 Å². The van der Waals surface area contributed by atoms with Crippen molar-refractivity contribution >= 4 is 33.3 Å². The number of hydrogen-bond donors (Lipinski definition) is 1. The molecular weight excluding hydrogens is 389 g/mol. The monoisotopic (exact) mass is 408 g/mol. The Kier molecular flexibility index (Phi) is 4.86. The Hall–Kier alpha value is -2.42. The molecule has 0 fully saturated rings. The Morgan fingerprint density at radius 3 is 2.82 bits per heavy atom. The number of alkyl halides is 3. The fourth-order valence-corrected chi connectivity index (χ4v) is 4.40. The van der Waals surface area contributed by atoms with E-state index < -0.39 is 11.7 Å². The van der Waals surface area contributed by atoms with Gasteiger partial charge in [0.1, 0.15) is 0 Å². The van der Waals surface area contributed by atoms with Crippen molar-refractivity contribution in [3.8, 4) is 0 Å². The first kappa shape index (κ1) is 18.9. The molecule has 0 aliphatic carbocycles. The van der Waals surface area contributed by atoms with E-state index in [4.69, 9.17) is 10.3 Å². The second-order valence-electron chi connectivity index (χ2n) is 6.65. The number of aromatic nitrogens is 3. The van der Waals surface area contributed by atoms with Crippen molar-refractivity contribution in [1.82, 2.24) is 14.7 Å². The summed E-state index contributed by atoms with van der Waals surface area (Å²) in [7, 11) is 0. The second-order valence-corrected chi connectivity index (χ2v) is 7.79. The van der Waals surface area contributed by atoms with Crippen molar-refractivity contribution in [2.75, 3.05) is 11.5 Å². The Bertz CT molecular complexity index is 1050. The third kappa shape index (κ3) is 3.39.